The van der Waals surface area contributed by atoms with E-state index in [2.05, 4.69) is 15.5 Å². The predicted octanol–water partition coefficient (Wildman–Crippen LogP) is 1.13. The fraction of sp³-hybridized carbons (Fsp3) is 0.0556. The maximum absolute atomic E-state index is 12.2. The summed E-state index contributed by atoms with van der Waals surface area (Å²) >= 11 is 7.10. The molecule has 8 nitrogen and oxygen atoms in total. The number of hydrazone groups is 1. The summed E-state index contributed by atoms with van der Waals surface area (Å²) in [5.41, 5.74) is 3.32. The number of aromatic nitrogens is 2. The summed E-state index contributed by atoms with van der Waals surface area (Å²) in [7, 11) is 0. The van der Waals surface area contributed by atoms with Crippen LogP contribution in [0.5, 0.6) is 0 Å². The molecule has 0 radical (unpaired) electrons. The fourth-order valence-electron chi connectivity index (χ4n) is 2.31. The van der Waals surface area contributed by atoms with E-state index in [0.29, 0.717) is 16.0 Å². The van der Waals surface area contributed by atoms with Crippen LogP contribution in [-0.2, 0) is 6.54 Å². The number of carboxylic acid groups (broad SMARTS) is 1. The van der Waals surface area contributed by atoms with Crippen molar-refractivity contribution in [3.63, 3.8) is 0 Å². The molecule has 142 valence electrons. The van der Waals surface area contributed by atoms with Crippen LogP contribution >= 0.6 is 22.9 Å². The van der Waals surface area contributed by atoms with E-state index in [1.54, 1.807) is 12.1 Å². The SMILES string of the molecule is O=C([O-])c1cccc(Cn2c(Cl)c(/C=N\NC(=O)c3ccncc3)sc2=O)c1. The Kier molecular flexibility index (Phi) is 5.97. The molecule has 0 unspecified atom stereocenters. The van der Waals surface area contributed by atoms with E-state index in [-0.39, 0.29) is 22.1 Å². The van der Waals surface area contributed by atoms with Crippen LogP contribution in [0.4, 0.5) is 0 Å². The first-order valence-corrected chi connectivity index (χ1v) is 9.08. The number of thiazole rings is 1. The van der Waals surface area contributed by atoms with Gasteiger partial charge in [-0.15, -0.1) is 0 Å². The molecule has 2 heterocycles. The van der Waals surface area contributed by atoms with Crippen molar-refractivity contribution in [2.75, 3.05) is 0 Å². The van der Waals surface area contributed by atoms with E-state index in [0.717, 1.165) is 11.3 Å². The third kappa shape index (κ3) is 4.51. The summed E-state index contributed by atoms with van der Waals surface area (Å²) in [5, 5.41) is 14.9. The highest BCUT2D eigenvalue weighted by Crippen LogP contribution is 2.18. The van der Waals surface area contributed by atoms with Gasteiger partial charge in [-0.05, 0) is 29.3 Å². The quantitative estimate of drug-likeness (QED) is 0.478. The molecule has 0 bridgehead atoms. The monoisotopic (exact) mass is 415 g/mol. The minimum Gasteiger partial charge on any atom is -0.545 e. The molecule has 0 aliphatic carbocycles. The summed E-state index contributed by atoms with van der Waals surface area (Å²) in [6.07, 6.45) is 4.25. The molecule has 1 amide bonds. The van der Waals surface area contributed by atoms with Gasteiger partial charge in [-0.3, -0.25) is 19.1 Å². The smallest absolute Gasteiger partial charge is 0.309 e. The van der Waals surface area contributed by atoms with E-state index in [4.69, 9.17) is 11.6 Å². The van der Waals surface area contributed by atoms with Crippen molar-refractivity contribution < 1.29 is 14.7 Å². The van der Waals surface area contributed by atoms with Gasteiger partial charge in [0.1, 0.15) is 5.15 Å². The normalized spacial score (nSPS) is 10.9. The Hall–Kier alpha value is -3.30. The van der Waals surface area contributed by atoms with E-state index in [1.807, 2.05) is 0 Å². The number of rotatable bonds is 6. The third-order valence-electron chi connectivity index (χ3n) is 3.65. The first-order chi connectivity index (χ1) is 13.5. The minimum absolute atomic E-state index is 0.0116. The average Bonchev–Trinajstić information content (AvgIpc) is 2.96. The summed E-state index contributed by atoms with van der Waals surface area (Å²) < 4.78 is 1.28. The molecule has 0 saturated carbocycles. The molecule has 0 atom stereocenters. The number of pyridine rings is 1. The van der Waals surface area contributed by atoms with Gasteiger partial charge in [-0.1, -0.05) is 41.1 Å². The van der Waals surface area contributed by atoms with Crippen molar-refractivity contribution in [2.24, 2.45) is 5.10 Å². The first kappa shape index (κ1) is 19.5. The highest BCUT2D eigenvalue weighted by molar-refractivity contribution is 7.11. The lowest BCUT2D eigenvalue weighted by Gasteiger charge is -2.07. The zero-order valence-corrected chi connectivity index (χ0v) is 15.7. The Morgan fingerprint density at radius 3 is 2.71 bits per heavy atom. The second-order valence-electron chi connectivity index (χ2n) is 5.53. The number of halogens is 1. The number of nitrogens with zero attached hydrogens (tertiary/aromatic N) is 3. The van der Waals surface area contributed by atoms with Gasteiger partial charge in [0.05, 0.1) is 23.6 Å². The van der Waals surface area contributed by atoms with Gasteiger partial charge in [0.2, 0.25) is 0 Å². The molecule has 0 spiro atoms. The Balaban J connectivity index is 1.75. The van der Waals surface area contributed by atoms with Gasteiger partial charge in [-0.25, -0.2) is 5.43 Å². The highest BCUT2D eigenvalue weighted by Gasteiger charge is 2.12. The number of carbonyl (C=O) groups is 2. The minimum atomic E-state index is -1.30. The number of carboxylic acids is 1. The van der Waals surface area contributed by atoms with Gasteiger partial charge in [0.25, 0.3) is 5.91 Å². The van der Waals surface area contributed by atoms with Gasteiger partial charge in [0.15, 0.2) is 0 Å². The van der Waals surface area contributed by atoms with Crippen LogP contribution in [0, 0.1) is 0 Å². The number of hydrogen-bond donors (Lipinski definition) is 1. The highest BCUT2D eigenvalue weighted by atomic mass is 35.5. The second-order valence-corrected chi connectivity index (χ2v) is 6.88. The Bertz CT molecular complexity index is 1110. The molecule has 3 aromatic rings. The van der Waals surface area contributed by atoms with Crippen molar-refractivity contribution in [2.45, 2.75) is 6.54 Å². The molecule has 2 aromatic heterocycles. The molecule has 1 N–H and O–H groups in total. The lowest BCUT2D eigenvalue weighted by molar-refractivity contribution is -0.255. The van der Waals surface area contributed by atoms with E-state index in [9.17, 15) is 19.5 Å². The number of nitrogens with one attached hydrogen (secondary N) is 1. The largest absolute Gasteiger partial charge is 0.545 e. The zero-order valence-electron chi connectivity index (χ0n) is 14.2. The van der Waals surface area contributed by atoms with Crippen LogP contribution in [-0.4, -0.2) is 27.6 Å². The van der Waals surface area contributed by atoms with Crippen molar-refractivity contribution in [1.82, 2.24) is 15.0 Å². The lowest BCUT2D eigenvalue weighted by atomic mass is 10.1. The van der Waals surface area contributed by atoms with Crippen molar-refractivity contribution in [1.29, 1.82) is 0 Å². The van der Waals surface area contributed by atoms with Crippen LogP contribution in [0.1, 0.15) is 31.2 Å². The number of carbonyl (C=O) groups excluding carboxylic acids is 2. The second kappa shape index (κ2) is 8.59. The van der Waals surface area contributed by atoms with Gasteiger partial charge in [0, 0.05) is 18.0 Å². The number of benzene rings is 1. The molecular weight excluding hydrogens is 404 g/mol. The first-order valence-electron chi connectivity index (χ1n) is 7.88. The summed E-state index contributed by atoms with van der Waals surface area (Å²) in [6, 6.07) is 9.12. The maximum Gasteiger partial charge on any atom is 0.309 e. The van der Waals surface area contributed by atoms with E-state index < -0.39 is 11.9 Å². The van der Waals surface area contributed by atoms with E-state index in [1.165, 1.54) is 47.4 Å². The van der Waals surface area contributed by atoms with Crippen LogP contribution in [0.25, 0.3) is 0 Å². The lowest BCUT2D eigenvalue weighted by Crippen LogP contribution is -2.22. The van der Waals surface area contributed by atoms with Crippen LogP contribution < -0.4 is 15.4 Å². The van der Waals surface area contributed by atoms with Gasteiger partial charge >= 0.3 is 4.87 Å². The fourth-order valence-corrected chi connectivity index (χ4v) is 3.42. The molecule has 0 aliphatic heterocycles. The molecule has 10 heteroatoms. The summed E-state index contributed by atoms with van der Waals surface area (Å²) in [6.45, 7) is 0.0898. The molecule has 0 aliphatic rings. The topological polar surface area (TPSA) is 116 Å². The molecule has 0 saturated heterocycles. The molecule has 0 fully saturated rings. The molecule has 1 aromatic carbocycles. The summed E-state index contributed by atoms with van der Waals surface area (Å²) in [5.74, 6) is -1.73. The average molecular weight is 416 g/mol. The number of aromatic carboxylic acids is 1. The Labute approximate surface area is 167 Å². The van der Waals surface area contributed by atoms with Crippen LogP contribution in [0.3, 0.4) is 0 Å². The summed E-state index contributed by atoms with van der Waals surface area (Å²) in [4.78, 5) is 38.9. The van der Waals surface area contributed by atoms with Gasteiger partial charge in [-0.2, -0.15) is 5.10 Å². The molecule has 28 heavy (non-hydrogen) atoms. The standard InChI is InChI=1S/C18H13ClN4O4S/c19-15-14(9-21-22-16(24)12-4-6-20-7-5-12)28-18(27)23(15)10-11-2-1-3-13(8-11)17(25)26/h1-9H,10H2,(H,22,24)(H,25,26)/p-1/b21-9-. The van der Waals surface area contributed by atoms with Crippen molar-refractivity contribution in [3.05, 3.63) is 85.2 Å². The van der Waals surface area contributed by atoms with Crippen LogP contribution in [0.15, 0.2) is 58.7 Å². The Morgan fingerprint density at radius 1 is 1.25 bits per heavy atom. The molecular formula is C18H12ClN4O4S-. The zero-order chi connectivity index (χ0) is 20.1. The number of amides is 1. The van der Waals surface area contributed by atoms with E-state index >= 15 is 0 Å². The van der Waals surface area contributed by atoms with Crippen molar-refractivity contribution in [3.8, 4) is 0 Å². The third-order valence-corrected chi connectivity index (χ3v) is 5.09. The predicted molar refractivity (Wildman–Crippen MR) is 103 cm³/mol. The Morgan fingerprint density at radius 2 is 2.00 bits per heavy atom. The number of hydrogen-bond acceptors (Lipinski definition) is 7. The van der Waals surface area contributed by atoms with Crippen molar-refractivity contribution >= 4 is 41.0 Å². The maximum atomic E-state index is 12.2. The van der Waals surface area contributed by atoms with Gasteiger partial charge < -0.3 is 9.90 Å². The van der Waals surface area contributed by atoms with Crippen LogP contribution in [0.2, 0.25) is 5.15 Å². The molecule has 3 rings (SSSR count).